The van der Waals surface area contributed by atoms with Gasteiger partial charge >= 0.3 is 0 Å². The van der Waals surface area contributed by atoms with Crippen molar-refractivity contribution >= 4 is 5.96 Å². The van der Waals surface area contributed by atoms with Gasteiger partial charge in [-0.25, -0.2) is 0 Å². The Kier molecular flexibility index (Phi) is 8.57. The Hall–Kier alpha value is -0.850. The first-order chi connectivity index (χ1) is 9.67. The van der Waals surface area contributed by atoms with Gasteiger partial charge in [-0.05, 0) is 33.4 Å². The maximum absolute atomic E-state index is 9.60. The summed E-state index contributed by atoms with van der Waals surface area (Å²) in [6, 6.07) is 0. The molecule has 1 fully saturated rings. The summed E-state index contributed by atoms with van der Waals surface area (Å²) in [5, 5.41) is 12.9. The molecule has 1 rings (SSSR count). The fourth-order valence-electron chi connectivity index (χ4n) is 2.24. The average Bonchev–Trinajstić information content (AvgIpc) is 2.86. The van der Waals surface area contributed by atoms with Crippen molar-refractivity contribution in [1.82, 2.24) is 15.1 Å². The Bertz CT molecular complexity index is 286. The van der Waals surface area contributed by atoms with Crippen molar-refractivity contribution < 1.29 is 9.84 Å². The van der Waals surface area contributed by atoms with Crippen LogP contribution in [0.2, 0.25) is 0 Å². The summed E-state index contributed by atoms with van der Waals surface area (Å²) in [5.74, 6) is 0.934. The van der Waals surface area contributed by atoms with Crippen molar-refractivity contribution in [3.8, 4) is 0 Å². The minimum absolute atomic E-state index is 0.209. The van der Waals surface area contributed by atoms with Gasteiger partial charge in [0.05, 0.1) is 12.7 Å². The molecule has 0 aromatic rings. The molecule has 1 atom stereocenters. The van der Waals surface area contributed by atoms with Crippen molar-refractivity contribution in [3.63, 3.8) is 0 Å². The van der Waals surface area contributed by atoms with Gasteiger partial charge in [0.1, 0.15) is 0 Å². The van der Waals surface area contributed by atoms with E-state index in [1.54, 1.807) is 7.11 Å². The minimum atomic E-state index is -0.209. The standard InChI is InChI=1S/C14H30N4O2/c1-4-15-14(18-9-6-13(19)12-18)16-7-5-8-17(2)10-11-20-3/h13,19H,4-12H2,1-3H3,(H,15,16)/t13-/m1/s1. The number of hydrogen-bond acceptors (Lipinski definition) is 4. The number of aliphatic hydroxyl groups is 1. The Balaban J connectivity index is 2.28. The summed E-state index contributed by atoms with van der Waals surface area (Å²) in [6.07, 6.45) is 1.66. The predicted octanol–water partition coefficient (Wildman–Crippen LogP) is -0.0132. The van der Waals surface area contributed by atoms with Crippen LogP contribution in [-0.4, -0.2) is 87.0 Å². The summed E-state index contributed by atoms with van der Waals surface area (Å²) < 4.78 is 5.06. The average molecular weight is 286 g/mol. The number of ether oxygens (including phenoxy) is 1. The molecule has 0 saturated carbocycles. The number of aliphatic imine (C=N–C) groups is 1. The van der Waals surface area contributed by atoms with Gasteiger partial charge in [-0.15, -0.1) is 0 Å². The van der Waals surface area contributed by atoms with Crippen LogP contribution in [0.15, 0.2) is 4.99 Å². The summed E-state index contributed by atoms with van der Waals surface area (Å²) >= 11 is 0. The highest BCUT2D eigenvalue weighted by atomic mass is 16.5. The monoisotopic (exact) mass is 286 g/mol. The zero-order valence-corrected chi connectivity index (χ0v) is 13.1. The normalized spacial score (nSPS) is 19.9. The van der Waals surface area contributed by atoms with Gasteiger partial charge in [0.2, 0.25) is 0 Å². The highest BCUT2D eigenvalue weighted by molar-refractivity contribution is 5.80. The van der Waals surface area contributed by atoms with E-state index in [9.17, 15) is 5.11 Å². The molecule has 1 saturated heterocycles. The first-order valence-electron chi connectivity index (χ1n) is 7.56. The lowest BCUT2D eigenvalue weighted by molar-refractivity contribution is 0.161. The fourth-order valence-corrected chi connectivity index (χ4v) is 2.24. The van der Waals surface area contributed by atoms with E-state index >= 15 is 0 Å². The Labute approximate surface area is 122 Å². The molecule has 0 unspecified atom stereocenters. The van der Waals surface area contributed by atoms with Crippen LogP contribution >= 0.6 is 0 Å². The van der Waals surface area contributed by atoms with E-state index in [-0.39, 0.29) is 6.10 Å². The lowest BCUT2D eigenvalue weighted by Gasteiger charge is -2.21. The smallest absolute Gasteiger partial charge is 0.194 e. The quantitative estimate of drug-likeness (QED) is 0.373. The van der Waals surface area contributed by atoms with E-state index in [1.807, 2.05) is 0 Å². The maximum atomic E-state index is 9.60. The van der Waals surface area contributed by atoms with Crippen molar-refractivity contribution in [1.29, 1.82) is 0 Å². The third kappa shape index (κ3) is 6.54. The summed E-state index contributed by atoms with van der Waals surface area (Å²) in [7, 11) is 3.83. The van der Waals surface area contributed by atoms with Crippen LogP contribution in [0.25, 0.3) is 0 Å². The zero-order valence-electron chi connectivity index (χ0n) is 13.1. The molecule has 118 valence electrons. The van der Waals surface area contributed by atoms with Crippen molar-refractivity contribution in [2.75, 3.05) is 60.0 Å². The van der Waals surface area contributed by atoms with Crippen LogP contribution in [0, 0.1) is 0 Å². The molecular formula is C14H30N4O2. The van der Waals surface area contributed by atoms with E-state index in [1.165, 1.54) is 0 Å². The van der Waals surface area contributed by atoms with E-state index < -0.39 is 0 Å². The van der Waals surface area contributed by atoms with Crippen LogP contribution in [-0.2, 0) is 4.74 Å². The Morgan fingerprint density at radius 2 is 2.30 bits per heavy atom. The maximum Gasteiger partial charge on any atom is 0.194 e. The van der Waals surface area contributed by atoms with Crippen LogP contribution in [0.4, 0.5) is 0 Å². The molecule has 0 radical (unpaired) electrons. The number of aliphatic hydroxyl groups excluding tert-OH is 1. The third-order valence-corrected chi connectivity index (χ3v) is 3.43. The number of guanidine groups is 1. The van der Waals surface area contributed by atoms with Gasteiger partial charge in [0, 0.05) is 39.8 Å². The second-order valence-electron chi connectivity index (χ2n) is 5.27. The van der Waals surface area contributed by atoms with Gasteiger partial charge < -0.3 is 25.0 Å². The summed E-state index contributed by atoms with van der Waals surface area (Å²) in [5.41, 5.74) is 0. The highest BCUT2D eigenvalue weighted by Gasteiger charge is 2.22. The van der Waals surface area contributed by atoms with Gasteiger partial charge in [0.15, 0.2) is 5.96 Å². The lowest BCUT2D eigenvalue weighted by atomic mass is 10.3. The number of nitrogens with one attached hydrogen (secondary N) is 1. The molecule has 1 aliphatic heterocycles. The van der Waals surface area contributed by atoms with Crippen molar-refractivity contribution in [2.45, 2.75) is 25.9 Å². The third-order valence-electron chi connectivity index (χ3n) is 3.43. The number of rotatable bonds is 8. The van der Waals surface area contributed by atoms with Crippen molar-refractivity contribution in [2.24, 2.45) is 4.99 Å². The number of nitrogens with zero attached hydrogens (tertiary/aromatic N) is 3. The molecule has 1 aliphatic rings. The van der Waals surface area contributed by atoms with Crippen LogP contribution in [0.3, 0.4) is 0 Å². The molecule has 0 amide bonds. The largest absolute Gasteiger partial charge is 0.391 e. The minimum Gasteiger partial charge on any atom is -0.391 e. The first-order valence-corrected chi connectivity index (χ1v) is 7.56. The molecule has 0 aromatic carbocycles. The zero-order chi connectivity index (χ0) is 14.8. The van der Waals surface area contributed by atoms with E-state index in [4.69, 9.17) is 4.74 Å². The fraction of sp³-hybridized carbons (Fsp3) is 0.929. The molecule has 1 heterocycles. The molecule has 2 N–H and O–H groups in total. The molecule has 0 bridgehead atoms. The van der Waals surface area contributed by atoms with Gasteiger partial charge in [-0.2, -0.15) is 0 Å². The number of methoxy groups -OCH3 is 1. The topological polar surface area (TPSA) is 60.3 Å². The van der Waals surface area contributed by atoms with Crippen molar-refractivity contribution in [3.05, 3.63) is 0 Å². The Morgan fingerprint density at radius 3 is 2.90 bits per heavy atom. The van der Waals surface area contributed by atoms with Gasteiger partial charge in [0.25, 0.3) is 0 Å². The number of hydrogen-bond donors (Lipinski definition) is 2. The number of β-amino-alcohol motifs (C(OH)–C–C–N with tert-alkyl or cyclic N) is 1. The molecule has 0 aliphatic carbocycles. The first kappa shape index (κ1) is 17.2. The molecule has 20 heavy (non-hydrogen) atoms. The molecular weight excluding hydrogens is 256 g/mol. The number of likely N-dealkylation sites (tertiary alicyclic amines) is 1. The van der Waals surface area contributed by atoms with E-state index in [0.717, 1.165) is 58.1 Å². The molecule has 6 nitrogen and oxygen atoms in total. The van der Waals surface area contributed by atoms with Gasteiger partial charge in [-0.3, -0.25) is 4.99 Å². The van der Waals surface area contributed by atoms with Gasteiger partial charge in [-0.1, -0.05) is 0 Å². The number of likely N-dealkylation sites (N-methyl/N-ethyl adjacent to an activating group) is 1. The molecule has 0 spiro atoms. The second-order valence-corrected chi connectivity index (χ2v) is 5.27. The second kappa shape index (κ2) is 9.96. The molecule has 6 heteroatoms. The lowest BCUT2D eigenvalue weighted by Crippen LogP contribution is -2.40. The Morgan fingerprint density at radius 1 is 1.50 bits per heavy atom. The summed E-state index contributed by atoms with van der Waals surface area (Å²) in [6.45, 7) is 8.08. The molecule has 0 aromatic heterocycles. The highest BCUT2D eigenvalue weighted by Crippen LogP contribution is 2.08. The predicted molar refractivity (Wildman–Crippen MR) is 82.2 cm³/mol. The summed E-state index contributed by atoms with van der Waals surface area (Å²) in [4.78, 5) is 9.04. The SMILES string of the molecule is CCNC(=NCCCN(C)CCOC)N1CC[C@@H](O)C1. The van der Waals surface area contributed by atoms with Crippen LogP contribution in [0.1, 0.15) is 19.8 Å². The van der Waals surface area contributed by atoms with E-state index in [2.05, 4.69) is 34.1 Å². The van der Waals surface area contributed by atoms with Crippen LogP contribution < -0.4 is 5.32 Å². The van der Waals surface area contributed by atoms with Crippen LogP contribution in [0.5, 0.6) is 0 Å². The van der Waals surface area contributed by atoms with E-state index in [0.29, 0.717) is 6.54 Å².